The molecule has 3 aromatic carbocycles. The quantitative estimate of drug-likeness (QED) is 0.550. The average Bonchev–Trinajstić information content (AvgIpc) is 2.99. The number of anilines is 1. The number of nitro benzene ring substituents is 1. The van der Waals surface area contributed by atoms with E-state index in [1.54, 1.807) is 24.3 Å². The number of fused-ring (bicyclic) bond motifs is 1. The van der Waals surface area contributed by atoms with Gasteiger partial charge in [-0.15, -0.1) is 0 Å². The van der Waals surface area contributed by atoms with Crippen LogP contribution in [0.5, 0.6) is 11.5 Å². The number of nitrogens with zero attached hydrogens (tertiary/aromatic N) is 2. The molecule has 132 valence electrons. The lowest BCUT2D eigenvalue weighted by Crippen LogP contribution is -2.13. The second-order valence-electron chi connectivity index (χ2n) is 5.81. The fourth-order valence-electron chi connectivity index (χ4n) is 2.71. The van der Waals surface area contributed by atoms with Crippen LogP contribution >= 0.6 is 0 Å². The minimum atomic E-state index is -0.504. The number of non-ortho nitro benzene ring substituents is 1. The standard InChI is InChI=1S/C20H13N3O4/c24-20-19(17-12-14(23(25)26)8-11-18(17)22-20)21-13-6-9-16(10-7-13)27-15-4-2-1-3-5-15/h1-12H,(H,21,22,24). The number of hydrogen-bond donors (Lipinski definition) is 1. The number of carbonyl (C=O) groups is 1. The Morgan fingerprint density at radius 2 is 1.63 bits per heavy atom. The molecular weight excluding hydrogens is 346 g/mol. The van der Waals surface area contributed by atoms with E-state index in [2.05, 4.69) is 10.3 Å². The Hall–Kier alpha value is -4.00. The van der Waals surface area contributed by atoms with Gasteiger partial charge in [0.1, 0.15) is 17.2 Å². The van der Waals surface area contributed by atoms with Crippen molar-refractivity contribution in [2.75, 3.05) is 5.32 Å². The molecule has 1 N–H and O–H groups in total. The summed E-state index contributed by atoms with van der Waals surface area (Å²) in [5.41, 5.74) is 1.52. The Kier molecular flexibility index (Phi) is 4.10. The predicted molar refractivity (Wildman–Crippen MR) is 101 cm³/mol. The van der Waals surface area contributed by atoms with Gasteiger partial charge in [0.2, 0.25) is 0 Å². The minimum absolute atomic E-state index is 0.0930. The minimum Gasteiger partial charge on any atom is -0.457 e. The Bertz CT molecular complexity index is 1060. The fourth-order valence-corrected chi connectivity index (χ4v) is 2.71. The number of carbonyl (C=O) groups excluding carboxylic acids is 1. The van der Waals surface area contributed by atoms with Gasteiger partial charge >= 0.3 is 0 Å². The van der Waals surface area contributed by atoms with Crippen molar-refractivity contribution >= 4 is 28.7 Å². The van der Waals surface area contributed by atoms with E-state index in [9.17, 15) is 14.9 Å². The number of hydrogen-bond acceptors (Lipinski definition) is 5. The molecule has 0 saturated carbocycles. The Labute approximate surface area is 154 Å². The SMILES string of the molecule is O=C1Nc2ccc([N+](=O)[O-])cc2C1=Nc1ccc(Oc2ccccc2)cc1. The molecule has 0 bridgehead atoms. The zero-order chi connectivity index (χ0) is 18.8. The van der Waals surface area contributed by atoms with Crippen LogP contribution in [-0.4, -0.2) is 16.5 Å². The maximum absolute atomic E-state index is 12.2. The molecule has 1 aliphatic heterocycles. The van der Waals surface area contributed by atoms with Gasteiger partial charge in [0.15, 0.2) is 0 Å². The van der Waals surface area contributed by atoms with Gasteiger partial charge < -0.3 is 10.1 Å². The third kappa shape index (κ3) is 3.38. The summed E-state index contributed by atoms with van der Waals surface area (Å²) in [5, 5.41) is 13.6. The van der Waals surface area contributed by atoms with Crippen LogP contribution in [0, 0.1) is 10.1 Å². The van der Waals surface area contributed by atoms with E-state index in [-0.39, 0.29) is 11.4 Å². The van der Waals surface area contributed by atoms with Crippen molar-refractivity contribution in [1.29, 1.82) is 0 Å². The molecule has 0 fully saturated rings. The van der Waals surface area contributed by atoms with Gasteiger partial charge in [0.05, 0.1) is 16.3 Å². The van der Waals surface area contributed by atoms with Crippen LogP contribution in [0.3, 0.4) is 0 Å². The van der Waals surface area contributed by atoms with E-state index in [0.29, 0.717) is 28.4 Å². The number of para-hydroxylation sites is 1. The van der Waals surface area contributed by atoms with Crippen LogP contribution < -0.4 is 10.1 Å². The monoisotopic (exact) mass is 359 g/mol. The average molecular weight is 359 g/mol. The van der Waals surface area contributed by atoms with Crippen molar-refractivity contribution in [2.24, 2.45) is 4.99 Å². The van der Waals surface area contributed by atoms with E-state index in [1.807, 2.05) is 30.3 Å². The maximum Gasteiger partial charge on any atom is 0.275 e. The molecule has 0 radical (unpaired) electrons. The first-order valence-corrected chi connectivity index (χ1v) is 8.12. The van der Waals surface area contributed by atoms with E-state index in [0.717, 1.165) is 0 Å². The predicted octanol–water partition coefficient (Wildman–Crippen LogP) is 4.46. The van der Waals surface area contributed by atoms with Crippen LogP contribution in [0.2, 0.25) is 0 Å². The summed E-state index contributed by atoms with van der Waals surface area (Å²) < 4.78 is 5.72. The second kappa shape index (κ2) is 6.72. The molecule has 1 heterocycles. The lowest BCUT2D eigenvalue weighted by Gasteiger charge is -2.05. The van der Waals surface area contributed by atoms with Gasteiger partial charge in [-0.1, -0.05) is 18.2 Å². The number of amides is 1. The Balaban J connectivity index is 1.62. The molecule has 0 aliphatic carbocycles. The molecule has 0 spiro atoms. The largest absolute Gasteiger partial charge is 0.457 e. The smallest absolute Gasteiger partial charge is 0.275 e. The van der Waals surface area contributed by atoms with Crippen molar-refractivity contribution in [3.05, 3.63) is 88.5 Å². The highest BCUT2D eigenvalue weighted by Gasteiger charge is 2.28. The first-order valence-electron chi connectivity index (χ1n) is 8.12. The molecule has 0 atom stereocenters. The molecule has 1 aliphatic rings. The second-order valence-corrected chi connectivity index (χ2v) is 5.81. The summed E-state index contributed by atoms with van der Waals surface area (Å²) in [6.07, 6.45) is 0. The van der Waals surface area contributed by atoms with Crippen molar-refractivity contribution in [3.8, 4) is 11.5 Å². The molecule has 7 nitrogen and oxygen atoms in total. The first-order chi connectivity index (χ1) is 13.1. The van der Waals surface area contributed by atoms with Gasteiger partial charge in [-0.3, -0.25) is 14.9 Å². The fraction of sp³-hybridized carbons (Fsp3) is 0. The van der Waals surface area contributed by atoms with E-state index in [4.69, 9.17) is 4.74 Å². The Morgan fingerprint density at radius 1 is 0.926 bits per heavy atom. The summed E-state index contributed by atoms with van der Waals surface area (Å²) in [5.74, 6) is 0.958. The molecule has 4 rings (SSSR count). The van der Waals surface area contributed by atoms with Crippen molar-refractivity contribution < 1.29 is 14.5 Å². The lowest BCUT2D eigenvalue weighted by molar-refractivity contribution is -0.384. The van der Waals surface area contributed by atoms with Crippen LogP contribution in [0.1, 0.15) is 5.56 Å². The number of nitrogens with one attached hydrogen (secondary N) is 1. The lowest BCUT2D eigenvalue weighted by atomic mass is 10.1. The summed E-state index contributed by atoms with van der Waals surface area (Å²) in [4.78, 5) is 27.0. The summed E-state index contributed by atoms with van der Waals surface area (Å²) >= 11 is 0. The normalized spacial score (nSPS) is 13.9. The zero-order valence-electron chi connectivity index (χ0n) is 14.0. The van der Waals surface area contributed by atoms with Gasteiger partial charge in [0.25, 0.3) is 11.6 Å². The molecule has 3 aromatic rings. The number of ether oxygens (including phenoxy) is 1. The number of benzene rings is 3. The highest BCUT2D eigenvalue weighted by atomic mass is 16.6. The molecular formula is C20H13N3O4. The van der Waals surface area contributed by atoms with Crippen molar-refractivity contribution in [3.63, 3.8) is 0 Å². The van der Waals surface area contributed by atoms with Gasteiger partial charge in [-0.05, 0) is 42.5 Å². The highest BCUT2D eigenvalue weighted by Crippen LogP contribution is 2.30. The third-order valence-corrected chi connectivity index (χ3v) is 3.99. The molecule has 0 unspecified atom stereocenters. The van der Waals surface area contributed by atoms with Crippen LogP contribution in [0.25, 0.3) is 0 Å². The zero-order valence-corrected chi connectivity index (χ0v) is 14.0. The molecule has 0 saturated heterocycles. The van der Waals surface area contributed by atoms with Crippen molar-refractivity contribution in [2.45, 2.75) is 0 Å². The molecule has 7 heteroatoms. The molecule has 0 aromatic heterocycles. The van der Waals surface area contributed by atoms with Gasteiger partial charge in [0, 0.05) is 17.7 Å². The van der Waals surface area contributed by atoms with Crippen LogP contribution in [-0.2, 0) is 4.79 Å². The van der Waals surface area contributed by atoms with E-state index >= 15 is 0 Å². The van der Waals surface area contributed by atoms with Crippen LogP contribution in [0.4, 0.5) is 17.1 Å². The summed E-state index contributed by atoms with van der Waals surface area (Å²) in [7, 11) is 0. The Morgan fingerprint density at radius 3 is 2.33 bits per heavy atom. The number of rotatable bonds is 4. The van der Waals surface area contributed by atoms with Crippen molar-refractivity contribution in [1.82, 2.24) is 0 Å². The van der Waals surface area contributed by atoms with E-state index in [1.165, 1.54) is 18.2 Å². The summed E-state index contributed by atoms with van der Waals surface area (Å²) in [6.45, 7) is 0. The topological polar surface area (TPSA) is 93.8 Å². The van der Waals surface area contributed by atoms with Gasteiger partial charge in [-0.2, -0.15) is 0 Å². The maximum atomic E-state index is 12.2. The van der Waals surface area contributed by atoms with Gasteiger partial charge in [-0.25, -0.2) is 4.99 Å². The molecule has 1 amide bonds. The highest BCUT2D eigenvalue weighted by molar-refractivity contribution is 6.54. The first kappa shape index (κ1) is 16.5. The molecule has 27 heavy (non-hydrogen) atoms. The third-order valence-electron chi connectivity index (χ3n) is 3.99. The number of nitro groups is 1. The number of aliphatic imine (C=N–C) groups is 1. The summed E-state index contributed by atoms with van der Waals surface area (Å²) in [6, 6.07) is 20.5. The van der Waals surface area contributed by atoms with E-state index < -0.39 is 10.8 Å². The van der Waals surface area contributed by atoms with Crippen LogP contribution in [0.15, 0.2) is 77.8 Å².